The summed E-state index contributed by atoms with van der Waals surface area (Å²) in [5.74, 6) is 0. The Balaban J connectivity index is 2.39. The van der Waals surface area contributed by atoms with Crippen LogP contribution < -0.4 is 0 Å². The van der Waals surface area contributed by atoms with Crippen molar-refractivity contribution in [3.63, 3.8) is 0 Å². The molecule has 0 bridgehead atoms. The summed E-state index contributed by atoms with van der Waals surface area (Å²) < 4.78 is 0. The number of thiophene rings is 1. The van der Waals surface area contributed by atoms with Crippen LogP contribution in [0.4, 0.5) is 0 Å². The van der Waals surface area contributed by atoms with E-state index in [9.17, 15) is 0 Å². The Labute approximate surface area is 105 Å². The molecule has 0 saturated heterocycles. The standard InChI is InChI=1S/C15H13NS/c1-10-13-5-3-4-6-14(13)11(2)16-15(10)12-7-8-17-9-12/h3-9H,1-2H3. The van der Waals surface area contributed by atoms with Crippen LogP contribution in [-0.4, -0.2) is 4.98 Å². The van der Waals surface area contributed by atoms with E-state index >= 15 is 0 Å². The Morgan fingerprint density at radius 3 is 2.47 bits per heavy atom. The van der Waals surface area contributed by atoms with Crippen molar-refractivity contribution in [2.45, 2.75) is 13.8 Å². The van der Waals surface area contributed by atoms with E-state index in [0.717, 1.165) is 11.4 Å². The van der Waals surface area contributed by atoms with E-state index in [4.69, 9.17) is 4.98 Å². The normalized spacial score (nSPS) is 10.9. The molecule has 84 valence electrons. The van der Waals surface area contributed by atoms with Crippen molar-refractivity contribution in [1.82, 2.24) is 4.98 Å². The third kappa shape index (κ3) is 1.65. The molecule has 1 aromatic carbocycles. The maximum atomic E-state index is 4.75. The van der Waals surface area contributed by atoms with Gasteiger partial charge in [-0.2, -0.15) is 11.3 Å². The van der Waals surface area contributed by atoms with Gasteiger partial charge in [-0.15, -0.1) is 0 Å². The van der Waals surface area contributed by atoms with Crippen LogP contribution in [-0.2, 0) is 0 Å². The number of aryl methyl sites for hydroxylation is 2. The summed E-state index contributed by atoms with van der Waals surface area (Å²) in [4.78, 5) is 4.75. The van der Waals surface area contributed by atoms with Gasteiger partial charge in [-0.05, 0) is 36.2 Å². The fourth-order valence-corrected chi connectivity index (χ4v) is 2.89. The van der Waals surface area contributed by atoms with Crippen LogP contribution >= 0.6 is 11.3 Å². The van der Waals surface area contributed by atoms with E-state index in [0.29, 0.717) is 0 Å². The van der Waals surface area contributed by atoms with Gasteiger partial charge < -0.3 is 0 Å². The van der Waals surface area contributed by atoms with Crippen LogP contribution in [0.25, 0.3) is 22.0 Å². The summed E-state index contributed by atoms with van der Waals surface area (Å²) in [5.41, 5.74) is 4.71. The van der Waals surface area contributed by atoms with Gasteiger partial charge in [0.05, 0.1) is 5.69 Å². The van der Waals surface area contributed by atoms with Crippen molar-refractivity contribution >= 4 is 22.1 Å². The molecule has 2 aromatic heterocycles. The molecule has 0 aliphatic rings. The van der Waals surface area contributed by atoms with Crippen LogP contribution in [0.1, 0.15) is 11.3 Å². The minimum atomic E-state index is 1.10. The zero-order valence-corrected chi connectivity index (χ0v) is 10.7. The number of fused-ring (bicyclic) bond motifs is 1. The second-order valence-corrected chi connectivity index (χ2v) is 5.01. The number of hydrogen-bond acceptors (Lipinski definition) is 2. The van der Waals surface area contributed by atoms with E-state index in [-0.39, 0.29) is 0 Å². The van der Waals surface area contributed by atoms with Gasteiger partial charge in [0.1, 0.15) is 0 Å². The van der Waals surface area contributed by atoms with E-state index in [2.05, 4.69) is 54.9 Å². The zero-order chi connectivity index (χ0) is 11.8. The predicted octanol–water partition coefficient (Wildman–Crippen LogP) is 4.58. The van der Waals surface area contributed by atoms with Crippen molar-refractivity contribution in [2.75, 3.05) is 0 Å². The lowest BCUT2D eigenvalue weighted by Gasteiger charge is -2.10. The van der Waals surface area contributed by atoms with Gasteiger partial charge in [0.15, 0.2) is 0 Å². The lowest BCUT2D eigenvalue weighted by Crippen LogP contribution is -1.93. The number of pyridine rings is 1. The summed E-state index contributed by atoms with van der Waals surface area (Å²) in [6.07, 6.45) is 0. The maximum absolute atomic E-state index is 4.75. The summed E-state index contributed by atoms with van der Waals surface area (Å²) >= 11 is 1.71. The predicted molar refractivity (Wildman–Crippen MR) is 74.5 cm³/mol. The molecule has 0 atom stereocenters. The number of nitrogens with zero attached hydrogens (tertiary/aromatic N) is 1. The largest absolute Gasteiger partial charge is 0.252 e. The van der Waals surface area contributed by atoms with Gasteiger partial charge in [-0.25, -0.2) is 0 Å². The third-order valence-corrected chi connectivity index (χ3v) is 3.83. The van der Waals surface area contributed by atoms with Crippen LogP contribution in [0.2, 0.25) is 0 Å². The van der Waals surface area contributed by atoms with Gasteiger partial charge in [-0.3, -0.25) is 4.98 Å². The molecule has 17 heavy (non-hydrogen) atoms. The Morgan fingerprint density at radius 2 is 1.76 bits per heavy atom. The molecule has 0 aliphatic carbocycles. The molecular weight excluding hydrogens is 226 g/mol. The first-order chi connectivity index (χ1) is 8.27. The van der Waals surface area contributed by atoms with Gasteiger partial charge in [0.2, 0.25) is 0 Å². The first-order valence-electron chi connectivity index (χ1n) is 5.66. The Bertz CT molecular complexity index is 669. The molecule has 0 unspecified atom stereocenters. The molecule has 3 aromatic rings. The molecule has 2 heteroatoms. The highest BCUT2D eigenvalue weighted by Gasteiger charge is 2.09. The monoisotopic (exact) mass is 239 g/mol. The molecule has 2 heterocycles. The van der Waals surface area contributed by atoms with Crippen molar-refractivity contribution in [1.29, 1.82) is 0 Å². The second-order valence-electron chi connectivity index (χ2n) is 4.23. The lowest BCUT2D eigenvalue weighted by molar-refractivity contribution is 1.22. The SMILES string of the molecule is Cc1nc(-c2ccsc2)c(C)c2ccccc12. The van der Waals surface area contributed by atoms with Crippen LogP contribution in [0, 0.1) is 13.8 Å². The van der Waals surface area contributed by atoms with E-state index < -0.39 is 0 Å². The molecule has 0 saturated carbocycles. The van der Waals surface area contributed by atoms with Crippen molar-refractivity contribution < 1.29 is 0 Å². The number of aromatic nitrogens is 1. The first-order valence-corrected chi connectivity index (χ1v) is 6.60. The maximum Gasteiger partial charge on any atom is 0.0749 e. The smallest absolute Gasteiger partial charge is 0.0749 e. The lowest BCUT2D eigenvalue weighted by atomic mass is 10.0. The molecule has 0 radical (unpaired) electrons. The number of hydrogen-bond donors (Lipinski definition) is 0. The van der Waals surface area contributed by atoms with Gasteiger partial charge in [0, 0.05) is 22.0 Å². The van der Waals surface area contributed by atoms with E-state index in [1.807, 2.05) is 0 Å². The molecule has 0 aliphatic heterocycles. The van der Waals surface area contributed by atoms with E-state index in [1.54, 1.807) is 11.3 Å². The van der Waals surface area contributed by atoms with Gasteiger partial charge in [0.25, 0.3) is 0 Å². The van der Waals surface area contributed by atoms with Gasteiger partial charge >= 0.3 is 0 Å². The van der Waals surface area contributed by atoms with Crippen LogP contribution in [0.3, 0.4) is 0 Å². The van der Waals surface area contributed by atoms with Crippen molar-refractivity contribution in [3.8, 4) is 11.3 Å². The Hall–Kier alpha value is -1.67. The van der Waals surface area contributed by atoms with Crippen molar-refractivity contribution in [2.24, 2.45) is 0 Å². The van der Waals surface area contributed by atoms with Gasteiger partial charge in [-0.1, -0.05) is 24.3 Å². The Kier molecular flexibility index (Phi) is 2.45. The highest BCUT2D eigenvalue weighted by atomic mass is 32.1. The molecule has 0 amide bonds. The zero-order valence-electron chi connectivity index (χ0n) is 9.90. The minimum absolute atomic E-state index is 1.10. The minimum Gasteiger partial charge on any atom is -0.252 e. The summed E-state index contributed by atoms with van der Waals surface area (Å²) in [7, 11) is 0. The summed E-state index contributed by atoms with van der Waals surface area (Å²) in [6.45, 7) is 4.24. The van der Waals surface area contributed by atoms with Crippen LogP contribution in [0.15, 0.2) is 41.1 Å². The van der Waals surface area contributed by atoms with Crippen LogP contribution in [0.5, 0.6) is 0 Å². The molecule has 3 rings (SSSR count). The second kappa shape index (κ2) is 3.97. The fraction of sp³-hybridized carbons (Fsp3) is 0.133. The average molecular weight is 239 g/mol. The summed E-state index contributed by atoms with van der Waals surface area (Å²) in [6, 6.07) is 10.6. The first kappa shape index (κ1) is 10.5. The van der Waals surface area contributed by atoms with Crippen molar-refractivity contribution in [3.05, 3.63) is 52.3 Å². The highest BCUT2D eigenvalue weighted by Crippen LogP contribution is 2.30. The Morgan fingerprint density at radius 1 is 1.00 bits per heavy atom. The number of benzene rings is 1. The topological polar surface area (TPSA) is 12.9 Å². The number of rotatable bonds is 1. The molecule has 0 fully saturated rings. The summed E-state index contributed by atoms with van der Waals surface area (Å²) in [5, 5.41) is 6.81. The average Bonchev–Trinajstić information content (AvgIpc) is 2.87. The molecule has 1 nitrogen and oxygen atoms in total. The molecule has 0 N–H and O–H groups in total. The molecular formula is C15H13NS. The molecule has 0 spiro atoms. The quantitative estimate of drug-likeness (QED) is 0.605. The highest BCUT2D eigenvalue weighted by molar-refractivity contribution is 7.08. The van der Waals surface area contributed by atoms with E-state index in [1.165, 1.54) is 21.9 Å². The third-order valence-electron chi connectivity index (χ3n) is 3.15. The fourth-order valence-electron chi connectivity index (χ4n) is 2.25.